The minimum absolute atomic E-state index is 0.0723. The number of nitrogens with zero attached hydrogens (tertiary/aromatic N) is 1. The summed E-state index contributed by atoms with van der Waals surface area (Å²) in [5.74, 6) is -0.149. The first-order valence-electron chi connectivity index (χ1n) is 26.2. The number of phosphoric ester groups is 1. The molecule has 0 aliphatic rings. The zero-order valence-corrected chi connectivity index (χ0v) is 42.7. The van der Waals surface area contributed by atoms with Crippen molar-refractivity contribution in [3.05, 3.63) is 60.8 Å². The molecule has 0 spiro atoms. The zero-order valence-electron chi connectivity index (χ0n) is 41.8. The highest BCUT2D eigenvalue weighted by Gasteiger charge is 2.28. The number of nitrogens with one attached hydrogen (secondary N) is 1. The van der Waals surface area contributed by atoms with Crippen molar-refractivity contribution >= 4 is 13.7 Å². The molecule has 0 rings (SSSR count). The van der Waals surface area contributed by atoms with Crippen LogP contribution in [-0.2, 0) is 18.4 Å². The molecule has 0 aromatic rings. The Balaban J connectivity index is 4.18. The topological polar surface area (TPSA) is 105 Å². The number of allylic oxidation sites excluding steroid dienone is 10. The van der Waals surface area contributed by atoms with Gasteiger partial charge >= 0.3 is 7.82 Å². The minimum atomic E-state index is -4.32. The first-order valence-corrected chi connectivity index (χ1v) is 27.6. The fourth-order valence-corrected chi connectivity index (χ4v) is 8.16. The molecule has 0 aromatic heterocycles. The van der Waals surface area contributed by atoms with Gasteiger partial charge in [0.15, 0.2) is 0 Å². The average Bonchev–Trinajstić information content (AvgIpc) is 3.24. The molecule has 63 heavy (non-hydrogen) atoms. The van der Waals surface area contributed by atoms with E-state index in [2.05, 4.69) is 79.9 Å². The quantitative estimate of drug-likeness (QED) is 0.0243. The Morgan fingerprint density at radius 3 is 1.40 bits per heavy atom. The number of carbonyl (C=O) groups excluding carboxylic acids is 1. The van der Waals surface area contributed by atoms with Crippen LogP contribution in [0.2, 0.25) is 0 Å². The summed E-state index contributed by atoms with van der Waals surface area (Å²) in [7, 11) is 1.61. The predicted molar refractivity (Wildman–Crippen MR) is 272 cm³/mol. The van der Waals surface area contributed by atoms with Crippen LogP contribution < -0.4 is 5.32 Å². The molecule has 0 heterocycles. The van der Waals surface area contributed by atoms with Gasteiger partial charge in [0.25, 0.3) is 0 Å². The van der Waals surface area contributed by atoms with Crippen LogP contribution in [0, 0.1) is 0 Å². The molecular formula is C54H102N2O6P+. The standard InChI is InChI=1S/C54H101N2O6P/c1-6-8-10-12-14-16-18-20-22-23-24-25-26-27-28-29-30-31-32-33-34-36-38-40-42-44-46-48-54(58)55-52(51-62-63(59,60)61-50-49-56(3,4)5)53(57)47-45-43-41-39-37-35-21-19-17-15-13-11-9-7-2/h8,10,14,16,20,22,24-25,27-28,52-53,57H,6-7,9,11-13,15,17-19,21,23,26,29-51H2,1-5H3,(H-,55,58,59,60)/p+1/b10-8-,16-14-,22-20-,25-24-,28-27-. The number of amides is 1. The van der Waals surface area contributed by atoms with E-state index in [0.717, 1.165) is 70.6 Å². The van der Waals surface area contributed by atoms with Crippen molar-refractivity contribution in [1.29, 1.82) is 0 Å². The number of unbranched alkanes of at least 4 members (excludes halogenated alkanes) is 24. The van der Waals surface area contributed by atoms with E-state index in [1.807, 2.05) is 21.1 Å². The highest BCUT2D eigenvalue weighted by Crippen LogP contribution is 2.43. The van der Waals surface area contributed by atoms with Crippen molar-refractivity contribution in [3.63, 3.8) is 0 Å². The van der Waals surface area contributed by atoms with Crippen molar-refractivity contribution in [1.82, 2.24) is 5.32 Å². The Bertz CT molecular complexity index is 1210. The van der Waals surface area contributed by atoms with Gasteiger partial charge < -0.3 is 19.8 Å². The largest absolute Gasteiger partial charge is 0.472 e. The Hall–Kier alpha value is -1.80. The number of hydrogen-bond donors (Lipinski definition) is 3. The molecule has 0 bridgehead atoms. The second-order valence-electron chi connectivity index (χ2n) is 18.9. The number of carbonyl (C=O) groups is 1. The second-order valence-corrected chi connectivity index (χ2v) is 20.3. The normalized spacial score (nSPS) is 14.6. The number of hydrogen-bond acceptors (Lipinski definition) is 5. The summed E-state index contributed by atoms with van der Waals surface area (Å²) in [5.41, 5.74) is 0. The van der Waals surface area contributed by atoms with Gasteiger partial charge in [-0.15, -0.1) is 0 Å². The maximum atomic E-state index is 13.0. The highest BCUT2D eigenvalue weighted by molar-refractivity contribution is 7.47. The third kappa shape index (κ3) is 48.0. The number of quaternary nitrogens is 1. The second kappa shape index (κ2) is 45.4. The van der Waals surface area contributed by atoms with Crippen LogP contribution in [-0.4, -0.2) is 73.4 Å². The van der Waals surface area contributed by atoms with Crippen molar-refractivity contribution in [2.24, 2.45) is 0 Å². The lowest BCUT2D eigenvalue weighted by Crippen LogP contribution is -2.46. The van der Waals surface area contributed by atoms with Crippen molar-refractivity contribution in [2.45, 2.75) is 238 Å². The number of likely N-dealkylation sites (N-methyl/N-ethyl adjacent to an activating group) is 1. The SMILES string of the molecule is CC/C=C\C/C=C\C/C=C\C/C=C\C/C=C\CCCCCCCCCCCCCC(=O)NC(COP(=O)(O)OCC[N+](C)(C)C)C(O)CCCCCCCCCCCCCCCC. The maximum Gasteiger partial charge on any atom is 0.472 e. The van der Waals surface area contributed by atoms with Crippen LogP contribution in [0.25, 0.3) is 0 Å². The van der Waals surface area contributed by atoms with E-state index in [4.69, 9.17) is 9.05 Å². The average molecular weight is 906 g/mol. The Morgan fingerprint density at radius 1 is 0.556 bits per heavy atom. The summed E-state index contributed by atoms with van der Waals surface area (Å²) in [6, 6.07) is -0.764. The minimum Gasteiger partial charge on any atom is -0.391 e. The first kappa shape index (κ1) is 61.2. The van der Waals surface area contributed by atoms with Crippen LogP contribution in [0.5, 0.6) is 0 Å². The lowest BCUT2D eigenvalue weighted by atomic mass is 10.0. The molecule has 9 heteroatoms. The Labute approximate surface area is 390 Å². The van der Waals surface area contributed by atoms with E-state index in [-0.39, 0.29) is 19.1 Å². The molecule has 0 aromatic carbocycles. The predicted octanol–water partition coefficient (Wildman–Crippen LogP) is 15.4. The Kier molecular flexibility index (Phi) is 44.1. The maximum absolute atomic E-state index is 13.0. The summed E-state index contributed by atoms with van der Waals surface area (Å²) >= 11 is 0. The molecule has 0 aliphatic heterocycles. The smallest absolute Gasteiger partial charge is 0.391 e. The molecule has 3 atom stereocenters. The monoisotopic (exact) mass is 906 g/mol. The number of aliphatic hydroxyl groups excluding tert-OH is 1. The molecule has 3 unspecified atom stereocenters. The van der Waals surface area contributed by atoms with Gasteiger partial charge in [0.1, 0.15) is 13.2 Å². The molecule has 3 N–H and O–H groups in total. The van der Waals surface area contributed by atoms with Crippen molar-refractivity contribution < 1.29 is 32.9 Å². The fourth-order valence-electron chi connectivity index (χ4n) is 7.43. The van der Waals surface area contributed by atoms with Crippen LogP contribution >= 0.6 is 7.82 Å². The molecular weight excluding hydrogens is 804 g/mol. The van der Waals surface area contributed by atoms with Gasteiger partial charge in [0.05, 0.1) is 39.9 Å². The number of rotatable bonds is 47. The van der Waals surface area contributed by atoms with Gasteiger partial charge in [0.2, 0.25) is 5.91 Å². The van der Waals surface area contributed by atoms with Gasteiger partial charge in [-0.3, -0.25) is 13.8 Å². The van der Waals surface area contributed by atoms with Gasteiger partial charge in [0, 0.05) is 6.42 Å². The summed E-state index contributed by atoms with van der Waals surface area (Å²) in [6.07, 6.45) is 59.7. The summed E-state index contributed by atoms with van der Waals surface area (Å²) in [5, 5.41) is 14.0. The van der Waals surface area contributed by atoms with Gasteiger partial charge in [-0.05, 0) is 57.8 Å². The molecule has 368 valence electrons. The van der Waals surface area contributed by atoms with Crippen LogP contribution in [0.15, 0.2) is 60.8 Å². The van der Waals surface area contributed by atoms with Crippen LogP contribution in [0.1, 0.15) is 226 Å². The summed E-state index contributed by atoms with van der Waals surface area (Å²) in [4.78, 5) is 23.3. The van der Waals surface area contributed by atoms with E-state index in [0.29, 0.717) is 23.9 Å². The van der Waals surface area contributed by atoms with Crippen molar-refractivity contribution in [2.75, 3.05) is 40.9 Å². The van der Waals surface area contributed by atoms with Crippen molar-refractivity contribution in [3.8, 4) is 0 Å². The van der Waals surface area contributed by atoms with E-state index >= 15 is 0 Å². The summed E-state index contributed by atoms with van der Waals surface area (Å²) in [6.45, 7) is 4.77. The van der Waals surface area contributed by atoms with E-state index in [1.54, 1.807) is 0 Å². The van der Waals surface area contributed by atoms with Crippen LogP contribution in [0.4, 0.5) is 0 Å². The lowest BCUT2D eigenvalue weighted by molar-refractivity contribution is -0.870. The molecule has 0 radical (unpaired) electrons. The third-order valence-corrected chi connectivity index (χ3v) is 12.5. The molecule has 0 saturated heterocycles. The highest BCUT2D eigenvalue weighted by atomic mass is 31.2. The third-order valence-electron chi connectivity index (χ3n) is 11.5. The van der Waals surface area contributed by atoms with Gasteiger partial charge in [-0.2, -0.15) is 0 Å². The number of phosphoric acid groups is 1. The molecule has 0 aliphatic carbocycles. The van der Waals surface area contributed by atoms with E-state index in [9.17, 15) is 19.4 Å². The Morgan fingerprint density at radius 2 is 0.952 bits per heavy atom. The molecule has 1 amide bonds. The molecule has 0 fully saturated rings. The van der Waals surface area contributed by atoms with E-state index < -0.39 is 20.0 Å². The van der Waals surface area contributed by atoms with Crippen LogP contribution in [0.3, 0.4) is 0 Å². The van der Waals surface area contributed by atoms with Gasteiger partial charge in [-0.25, -0.2) is 4.57 Å². The molecule has 8 nitrogen and oxygen atoms in total. The summed E-state index contributed by atoms with van der Waals surface area (Å²) < 4.78 is 23.7. The number of aliphatic hydroxyl groups is 1. The fraction of sp³-hybridized carbons (Fsp3) is 0.796. The molecule has 0 saturated carbocycles. The first-order chi connectivity index (χ1) is 30.5. The van der Waals surface area contributed by atoms with Gasteiger partial charge in [-0.1, -0.05) is 222 Å². The van der Waals surface area contributed by atoms with E-state index in [1.165, 1.54) is 128 Å². The lowest BCUT2D eigenvalue weighted by Gasteiger charge is -2.26. The zero-order chi connectivity index (χ0) is 46.4.